The van der Waals surface area contributed by atoms with Gasteiger partial charge in [-0.25, -0.2) is 8.42 Å². The summed E-state index contributed by atoms with van der Waals surface area (Å²) in [5, 5.41) is 0. The summed E-state index contributed by atoms with van der Waals surface area (Å²) in [4.78, 5) is 29.2. The molecular weight excluding hydrogens is 340 g/mol. The van der Waals surface area contributed by atoms with Gasteiger partial charge in [-0.2, -0.15) is 0 Å². The number of aromatic nitrogens is 1. The zero-order chi connectivity index (χ0) is 18.2. The molecule has 1 N–H and O–H groups in total. The number of nitrogens with zero attached hydrogens (tertiary/aromatic N) is 1. The van der Waals surface area contributed by atoms with Gasteiger partial charge in [0.15, 0.2) is 9.84 Å². The molecule has 1 aliphatic rings. The van der Waals surface area contributed by atoms with Crippen molar-refractivity contribution in [1.82, 2.24) is 9.88 Å². The topological polar surface area (TPSA) is 87.3 Å². The molecule has 1 aromatic heterocycles. The van der Waals surface area contributed by atoms with Gasteiger partial charge in [-0.1, -0.05) is 32.0 Å². The van der Waals surface area contributed by atoms with Crippen molar-refractivity contribution in [1.29, 1.82) is 0 Å². The van der Waals surface area contributed by atoms with E-state index in [4.69, 9.17) is 0 Å². The molecule has 0 saturated carbocycles. The van der Waals surface area contributed by atoms with Gasteiger partial charge >= 0.3 is 0 Å². The number of fused-ring (bicyclic) bond motifs is 1. The second-order valence-electron chi connectivity index (χ2n) is 6.50. The number of hydrogen-bond acceptors (Lipinski definition) is 4. The van der Waals surface area contributed by atoms with Gasteiger partial charge in [0.1, 0.15) is 0 Å². The summed E-state index contributed by atoms with van der Waals surface area (Å²) >= 11 is 0. The molecule has 2 heterocycles. The van der Waals surface area contributed by atoms with Crippen molar-refractivity contribution in [3.63, 3.8) is 0 Å². The predicted octanol–water partition coefficient (Wildman–Crippen LogP) is 1.93. The predicted molar refractivity (Wildman–Crippen MR) is 94.4 cm³/mol. The molecule has 0 saturated heterocycles. The lowest BCUT2D eigenvalue weighted by molar-refractivity contribution is 0.0754. The van der Waals surface area contributed by atoms with E-state index in [2.05, 4.69) is 4.98 Å². The SMILES string of the molecule is CC(C)c1cc(C(=O)N2CCS(=O)(=O)c3ccccc3C2)cc(=O)[nH]1. The number of carbonyl (C=O) groups is 1. The Balaban J connectivity index is 1.98. The number of aromatic amines is 1. The Labute approximate surface area is 146 Å². The third-order valence-corrected chi connectivity index (χ3v) is 6.11. The minimum atomic E-state index is -3.42. The zero-order valence-corrected chi connectivity index (χ0v) is 15.0. The molecule has 7 heteroatoms. The Hall–Kier alpha value is -2.41. The summed E-state index contributed by atoms with van der Waals surface area (Å²) in [5.74, 6) is -0.388. The highest BCUT2D eigenvalue weighted by molar-refractivity contribution is 7.91. The standard InChI is InChI=1S/C18H20N2O4S/c1-12(2)15-9-14(10-17(21)19-15)18(22)20-7-8-25(23,24)16-6-4-3-5-13(16)11-20/h3-6,9-10,12H,7-8,11H2,1-2H3,(H,19,21). The van der Waals surface area contributed by atoms with E-state index in [1.165, 1.54) is 11.0 Å². The highest BCUT2D eigenvalue weighted by atomic mass is 32.2. The fourth-order valence-electron chi connectivity index (χ4n) is 2.92. The molecule has 6 nitrogen and oxygen atoms in total. The molecule has 0 atom stereocenters. The highest BCUT2D eigenvalue weighted by Gasteiger charge is 2.28. The number of hydrogen-bond donors (Lipinski definition) is 1. The van der Waals surface area contributed by atoms with E-state index in [0.717, 1.165) is 0 Å². The molecule has 2 aromatic rings. The number of sulfone groups is 1. The van der Waals surface area contributed by atoms with Crippen LogP contribution in [-0.4, -0.2) is 36.5 Å². The van der Waals surface area contributed by atoms with Crippen molar-refractivity contribution in [3.8, 4) is 0 Å². The van der Waals surface area contributed by atoms with Crippen LogP contribution in [0.2, 0.25) is 0 Å². The van der Waals surface area contributed by atoms with E-state index in [-0.39, 0.29) is 46.7 Å². The Morgan fingerprint density at radius 3 is 2.64 bits per heavy atom. The van der Waals surface area contributed by atoms with Gasteiger partial charge < -0.3 is 9.88 Å². The fourth-order valence-corrected chi connectivity index (χ4v) is 4.42. The number of pyridine rings is 1. The molecule has 3 rings (SSSR count). The number of benzene rings is 1. The number of H-pyrrole nitrogens is 1. The Bertz CT molecular complexity index is 977. The van der Waals surface area contributed by atoms with Crippen LogP contribution in [0.3, 0.4) is 0 Å². The van der Waals surface area contributed by atoms with E-state index in [0.29, 0.717) is 11.3 Å². The van der Waals surface area contributed by atoms with Crippen molar-refractivity contribution in [2.45, 2.75) is 31.2 Å². The van der Waals surface area contributed by atoms with Crippen LogP contribution in [0.1, 0.15) is 41.4 Å². The van der Waals surface area contributed by atoms with Crippen LogP contribution in [0, 0.1) is 0 Å². The highest BCUT2D eigenvalue weighted by Crippen LogP contribution is 2.23. The van der Waals surface area contributed by atoms with E-state index in [1.807, 2.05) is 13.8 Å². The van der Waals surface area contributed by atoms with Crippen LogP contribution in [0.4, 0.5) is 0 Å². The lowest BCUT2D eigenvalue weighted by Crippen LogP contribution is -2.33. The second-order valence-corrected chi connectivity index (χ2v) is 8.57. The molecule has 0 bridgehead atoms. The first kappa shape index (κ1) is 17.4. The molecule has 132 valence electrons. The summed E-state index contributed by atoms with van der Waals surface area (Å²) in [5.41, 5.74) is 1.22. The van der Waals surface area contributed by atoms with E-state index in [1.54, 1.807) is 30.3 Å². The minimum Gasteiger partial charge on any atom is -0.333 e. The molecule has 0 aliphatic carbocycles. The lowest BCUT2D eigenvalue weighted by atomic mass is 10.1. The summed E-state index contributed by atoms with van der Waals surface area (Å²) in [6, 6.07) is 9.66. The molecule has 0 radical (unpaired) electrons. The first-order valence-corrected chi connectivity index (χ1v) is 9.77. The van der Waals surface area contributed by atoms with Gasteiger partial charge in [-0.3, -0.25) is 9.59 Å². The normalized spacial score (nSPS) is 16.4. The third kappa shape index (κ3) is 3.51. The lowest BCUT2D eigenvalue weighted by Gasteiger charge is -2.21. The van der Waals surface area contributed by atoms with Gasteiger partial charge in [-0.05, 0) is 23.6 Å². The van der Waals surface area contributed by atoms with Crippen LogP contribution >= 0.6 is 0 Å². The molecule has 0 spiro atoms. The third-order valence-electron chi connectivity index (χ3n) is 4.32. The number of rotatable bonds is 2. The van der Waals surface area contributed by atoms with Gasteiger partial charge in [0.25, 0.3) is 5.91 Å². The van der Waals surface area contributed by atoms with E-state index >= 15 is 0 Å². The fraction of sp³-hybridized carbons (Fsp3) is 0.333. The molecular formula is C18H20N2O4S. The van der Waals surface area contributed by atoms with E-state index in [9.17, 15) is 18.0 Å². The number of amides is 1. The first-order valence-electron chi connectivity index (χ1n) is 8.12. The van der Waals surface area contributed by atoms with Crippen LogP contribution < -0.4 is 5.56 Å². The quantitative estimate of drug-likeness (QED) is 0.886. The van der Waals surface area contributed by atoms with Crippen molar-refractivity contribution in [2.24, 2.45) is 0 Å². The second kappa shape index (κ2) is 6.48. The summed E-state index contributed by atoms with van der Waals surface area (Å²) < 4.78 is 24.8. The maximum absolute atomic E-state index is 12.9. The molecule has 25 heavy (non-hydrogen) atoms. The number of carbonyl (C=O) groups excluding carboxylic acids is 1. The van der Waals surface area contributed by atoms with Crippen molar-refractivity contribution >= 4 is 15.7 Å². The van der Waals surface area contributed by atoms with Crippen LogP contribution in [-0.2, 0) is 16.4 Å². The minimum absolute atomic E-state index is 0.0747. The smallest absolute Gasteiger partial charge is 0.254 e. The Morgan fingerprint density at radius 2 is 1.92 bits per heavy atom. The Kier molecular flexibility index (Phi) is 4.51. The van der Waals surface area contributed by atoms with Crippen LogP contribution in [0.15, 0.2) is 46.1 Å². The van der Waals surface area contributed by atoms with Crippen LogP contribution in [0.5, 0.6) is 0 Å². The number of nitrogens with one attached hydrogen (secondary N) is 1. The summed E-state index contributed by atoms with van der Waals surface area (Å²) in [7, 11) is -3.42. The van der Waals surface area contributed by atoms with Crippen molar-refractivity contribution in [3.05, 3.63) is 63.6 Å². The monoisotopic (exact) mass is 360 g/mol. The maximum Gasteiger partial charge on any atom is 0.254 e. The van der Waals surface area contributed by atoms with Gasteiger partial charge in [-0.15, -0.1) is 0 Å². The largest absolute Gasteiger partial charge is 0.333 e. The zero-order valence-electron chi connectivity index (χ0n) is 14.2. The molecule has 0 unspecified atom stereocenters. The first-order chi connectivity index (χ1) is 11.8. The summed E-state index contributed by atoms with van der Waals surface area (Å²) in [6.07, 6.45) is 0. The molecule has 1 aromatic carbocycles. The maximum atomic E-state index is 12.9. The summed E-state index contributed by atoms with van der Waals surface area (Å²) in [6.45, 7) is 4.15. The van der Waals surface area contributed by atoms with Gasteiger partial charge in [0.05, 0.1) is 10.6 Å². The van der Waals surface area contributed by atoms with Crippen molar-refractivity contribution in [2.75, 3.05) is 12.3 Å². The average molecular weight is 360 g/mol. The van der Waals surface area contributed by atoms with Gasteiger partial charge in [0.2, 0.25) is 5.56 Å². The Morgan fingerprint density at radius 1 is 1.20 bits per heavy atom. The van der Waals surface area contributed by atoms with Crippen molar-refractivity contribution < 1.29 is 13.2 Å². The average Bonchev–Trinajstić information content (AvgIpc) is 2.70. The van der Waals surface area contributed by atoms with Gasteiger partial charge in [0, 0.05) is 30.4 Å². The molecule has 1 amide bonds. The molecule has 0 fully saturated rings. The van der Waals surface area contributed by atoms with E-state index < -0.39 is 9.84 Å². The molecule has 1 aliphatic heterocycles. The van der Waals surface area contributed by atoms with Crippen LogP contribution in [0.25, 0.3) is 0 Å².